The molecule has 0 saturated carbocycles. The number of nitrogens with zero attached hydrogens (tertiary/aromatic N) is 1. The number of amides is 2. The highest BCUT2D eigenvalue weighted by atomic mass is 16.5. The number of fused-ring (bicyclic) bond motifs is 1. The van der Waals surface area contributed by atoms with Crippen molar-refractivity contribution >= 4 is 11.8 Å². The predicted octanol–water partition coefficient (Wildman–Crippen LogP) is 1.31. The normalized spacial score (nSPS) is 31.9. The minimum absolute atomic E-state index is 0.0144. The van der Waals surface area contributed by atoms with E-state index in [4.69, 9.17) is 10.5 Å². The number of benzene rings is 1. The van der Waals surface area contributed by atoms with Gasteiger partial charge in [-0.15, -0.1) is 0 Å². The van der Waals surface area contributed by atoms with Crippen LogP contribution >= 0.6 is 0 Å². The zero-order valence-corrected chi connectivity index (χ0v) is 16.4. The van der Waals surface area contributed by atoms with Crippen molar-refractivity contribution in [2.45, 2.75) is 45.3 Å². The molecule has 0 aliphatic carbocycles. The Labute approximate surface area is 160 Å². The summed E-state index contributed by atoms with van der Waals surface area (Å²) in [6.45, 7) is 8.58. The van der Waals surface area contributed by atoms with E-state index in [1.54, 1.807) is 0 Å². The molecule has 3 saturated heterocycles. The van der Waals surface area contributed by atoms with Gasteiger partial charge in [-0.2, -0.15) is 0 Å². The monoisotopic (exact) mass is 371 g/mol. The first-order valence-corrected chi connectivity index (χ1v) is 9.83. The van der Waals surface area contributed by atoms with E-state index in [2.05, 4.69) is 23.2 Å². The van der Waals surface area contributed by atoms with Crippen LogP contribution in [-0.2, 0) is 9.53 Å². The van der Waals surface area contributed by atoms with Crippen molar-refractivity contribution in [3.05, 3.63) is 34.4 Å². The molecule has 6 nitrogen and oxygen atoms in total. The lowest BCUT2D eigenvalue weighted by molar-refractivity contribution is -0.119. The minimum Gasteiger partial charge on any atom is -0.370 e. The van der Waals surface area contributed by atoms with Crippen LogP contribution in [-0.4, -0.2) is 54.6 Å². The molecule has 1 aromatic carbocycles. The number of nitrogens with one attached hydrogen (secondary N) is 1. The van der Waals surface area contributed by atoms with Crippen molar-refractivity contribution < 1.29 is 14.3 Å². The van der Waals surface area contributed by atoms with Crippen LogP contribution in [0.15, 0.2) is 12.1 Å². The Hall–Kier alpha value is -1.92. The number of primary amides is 1. The molecule has 27 heavy (non-hydrogen) atoms. The number of carbonyl (C=O) groups is 2. The summed E-state index contributed by atoms with van der Waals surface area (Å²) in [5, 5.41) is 3.15. The Kier molecular flexibility index (Phi) is 4.51. The van der Waals surface area contributed by atoms with E-state index in [1.807, 2.05) is 19.9 Å². The Morgan fingerprint density at radius 2 is 2.00 bits per heavy atom. The molecule has 4 atom stereocenters. The van der Waals surface area contributed by atoms with Gasteiger partial charge in [0.1, 0.15) is 0 Å². The number of aryl methyl sites for hydroxylation is 3. The molecule has 1 aromatic rings. The molecule has 3 N–H and O–H groups in total. The topological polar surface area (TPSA) is 84.7 Å². The number of hydrogen-bond donors (Lipinski definition) is 2. The van der Waals surface area contributed by atoms with Crippen molar-refractivity contribution in [3.8, 4) is 0 Å². The molecule has 3 fully saturated rings. The Morgan fingerprint density at radius 1 is 1.26 bits per heavy atom. The number of likely N-dealkylation sites (tertiary alicyclic amines) is 1. The number of nitrogens with two attached hydrogens (primary N) is 1. The third kappa shape index (κ3) is 3.15. The molecular weight excluding hydrogens is 342 g/mol. The Balaban J connectivity index is 1.44. The van der Waals surface area contributed by atoms with E-state index in [9.17, 15) is 9.59 Å². The SMILES string of the molecule is Cc1cc(C)c(C(=O)NC[C@H]2[C@H]3CN(CC(N)=O)C[C@]34CC[C@H]2O4)cc1C. The second-order valence-corrected chi connectivity index (χ2v) is 8.63. The van der Waals surface area contributed by atoms with Crippen LogP contribution in [0.1, 0.15) is 39.9 Å². The molecular formula is C21H29N3O3. The van der Waals surface area contributed by atoms with Gasteiger partial charge in [0.25, 0.3) is 5.91 Å². The molecule has 0 aromatic heterocycles. The average Bonchev–Trinajstić information content (AvgIpc) is 3.23. The molecule has 146 valence electrons. The quantitative estimate of drug-likeness (QED) is 0.817. The van der Waals surface area contributed by atoms with Crippen LogP contribution < -0.4 is 11.1 Å². The summed E-state index contributed by atoms with van der Waals surface area (Å²) in [5.41, 5.74) is 9.31. The van der Waals surface area contributed by atoms with E-state index in [0.29, 0.717) is 18.4 Å². The van der Waals surface area contributed by atoms with Gasteiger partial charge in [-0.3, -0.25) is 14.5 Å². The van der Waals surface area contributed by atoms with E-state index >= 15 is 0 Å². The van der Waals surface area contributed by atoms with Crippen molar-refractivity contribution in [1.29, 1.82) is 0 Å². The maximum Gasteiger partial charge on any atom is 0.251 e. The zero-order valence-electron chi connectivity index (χ0n) is 16.4. The summed E-state index contributed by atoms with van der Waals surface area (Å²) in [5.74, 6) is 0.347. The highest BCUT2D eigenvalue weighted by Crippen LogP contribution is 2.54. The maximum atomic E-state index is 12.8. The first-order chi connectivity index (χ1) is 12.8. The summed E-state index contributed by atoms with van der Waals surface area (Å²) in [6.07, 6.45) is 2.29. The molecule has 4 rings (SSSR count). The van der Waals surface area contributed by atoms with Crippen molar-refractivity contribution in [2.24, 2.45) is 17.6 Å². The van der Waals surface area contributed by atoms with E-state index < -0.39 is 0 Å². The van der Waals surface area contributed by atoms with Crippen LogP contribution in [0.4, 0.5) is 0 Å². The zero-order chi connectivity index (χ0) is 19.3. The summed E-state index contributed by atoms with van der Waals surface area (Å²) in [7, 11) is 0. The fourth-order valence-electron chi connectivity index (χ4n) is 5.41. The third-order valence-electron chi connectivity index (χ3n) is 6.82. The molecule has 3 heterocycles. The van der Waals surface area contributed by atoms with Crippen LogP contribution in [0.5, 0.6) is 0 Å². The van der Waals surface area contributed by atoms with Gasteiger partial charge in [0, 0.05) is 37.0 Å². The summed E-state index contributed by atoms with van der Waals surface area (Å²) >= 11 is 0. The molecule has 6 heteroatoms. The molecule has 2 bridgehead atoms. The largest absolute Gasteiger partial charge is 0.370 e. The van der Waals surface area contributed by atoms with Crippen LogP contribution in [0.3, 0.4) is 0 Å². The molecule has 0 unspecified atom stereocenters. The van der Waals surface area contributed by atoms with Gasteiger partial charge in [0.15, 0.2) is 0 Å². The van der Waals surface area contributed by atoms with Crippen LogP contribution in [0.25, 0.3) is 0 Å². The highest BCUT2D eigenvalue weighted by molar-refractivity contribution is 5.96. The van der Waals surface area contributed by atoms with Gasteiger partial charge in [0.05, 0.1) is 18.2 Å². The maximum absolute atomic E-state index is 12.8. The third-order valence-corrected chi connectivity index (χ3v) is 6.82. The fourth-order valence-corrected chi connectivity index (χ4v) is 5.41. The van der Waals surface area contributed by atoms with Crippen molar-refractivity contribution in [3.63, 3.8) is 0 Å². The van der Waals surface area contributed by atoms with Gasteiger partial charge in [-0.25, -0.2) is 0 Å². The number of carbonyl (C=O) groups excluding carboxylic acids is 2. The number of rotatable bonds is 5. The molecule has 0 radical (unpaired) electrons. The van der Waals surface area contributed by atoms with Crippen molar-refractivity contribution in [2.75, 3.05) is 26.2 Å². The van der Waals surface area contributed by atoms with Crippen LogP contribution in [0, 0.1) is 32.6 Å². The number of ether oxygens (including phenoxy) is 1. The summed E-state index contributed by atoms with van der Waals surface area (Å²) < 4.78 is 6.36. The second-order valence-electron chi connectivity index (χ2n) is 8.63. The predicted molar refractivity (Wildman–Crippen MR) is 102 cm³/mol. The van der Waals surface area contributed by atoms with Gasteiger partial charge >= 0.3 is 0 Å². The van der Waals surface area contributed by atoms with Crippen LogP contribution in [0.2, 0.25) is 0 Å². The van der Waals surface area contributed by atoms with E-state index in [-0.39, 0.29) is 30.1 Å². The Morgan fingerprint density at radius 3 is 2.74 bits per heavy atom. The van der Waals surface area contributed by atoms with Gasteiger partial charge in [0.2, 0.25) is 5.91 Å². The minimum atomic E-state index is -0.295. The summed E-state index contributed by atoms with van der Waals surface area (Å²) in [6, 6.07) is 4.04. The molecule has 2 amide bonds. The lowest BCUT2D eigenvalue weighted by Crippen LogP contribution is -2.42. The Bertz CT molecular complexity index is 793. The summed E-state index contributed by atoms with van der Waals surface area (Å²) in [4.78, 5) is 26.2. The fraction of sp³-hybridized carbons (Fsp3) is 0.619. The van der Waals surface area contributed by atoms with Gasteiger partial charge in [-0.1, -0.05) is 6.07 Å². The van der Waals surface area contributed by atoms with Gasteiger partial charge in [-0.05, 0) is 56.4 Å². The average molecular weight is 371 g/mol. The second kappa shape index (κ2) is 6.60. The molecule has 3 aliphatic heterocycles. The lowest BCUT2D eigenvalue weighted by Gasteiger charge is -2.29. The molecule has 3 aliphatic rings. The standard InChI is InChI=1S/C21H29N3O3/c1-12-6-14(3)15(7-13(12)2)20(26)23-8-16-17-9-24(10-19(22)25)11-21(17)5-4-18(16)27-21/h6-7,16-18H,4-5,8-11H2,1-3H3,(H2,22,25)(H,23,26)/t16-,17+,18+,21+/m0/s1. The number of hydrogen-bond acceptors (Lipinski definition) is 4. The van der Waals surface area contributed by atoms with Crippen molar-refractivity contribution in [1.82, 2.24) is 10.2 Å². The molecule has 1 spiro atoms. The first kappa shape index (κ1) is 18.4. The highest BCUT2D eigenvalue weighted by Gasteiger charge is 2.62. The first-order valence-electron chi connectivity index (χ1n) is 9.83. The van der Waals surface area contributed by atoms with Gasteiger partial charge < -0.3 is 15.8 Å². The lowest BCUT2D eigenvalue weighted by atomic mass is 9.73. The van der Waals surface area contributed by atoms with E-state index in [0.717, 1.165) is 42.6 Å². The van der Waals surface area contributed by atoms with E-state index in [1.165, 1.54) is 5.56 Å². The smallest absolute Gasteiger partial charge is 0.251 e.